The maximum atomic E-state index is 8.74. The van der Waals surface area contributed by atoms with Crippen LogP contribution in [0, 0.1) is 11.3 Å². The van der Waals surface area contributed by atoms with E-state index in [2.05, 4.69) is 15.3 Å². The van der Waals surface area contributed by atoms with Crippen molar-refractivity contribution in [2.75, 3.05) is 17.6 Å². The van der Waals surface area contributed by atoms with Crippen LogP contribution in [0.3, 0.4) is 0 Å². The number of nitrogens with zero attached hydrogens (tertiary/aromatic N) is 3. The van der Waals surface area contributed by atoms with Gasteiger partial charge in [-0.25, -0.2) is 4.98 Å². The molecule has 0 atom stereocenters. The molecule has 0 amide bonds. The van der Waals surface area contributed by atoms with Crippen molar-refractivity contribution < 1.29 is 29.6 Å². The van der Waals surface area contributed by atoms with Crippen molar-refractivity contribution >= 4 is 24.4 Å². The molecule has 0 aliphatic carbocycles. The summed E-state index contributed by atoms with van der Waals surface area (Å²) in [5.41, 5.74) is 5.64. The van der Waals surface area contributed by atoms with Crippen molar-refractivity contribution in [1.29, 1.82) is 5.26 Å². The van der Waals surface area contributed by atoms with Gasteiger partial charge in [0.25, 0.3) is 0 Å². The van der Waals surface area contributed by atoms with Crippen LogP contribution in [0.5, 0.6) is 0 Å². The number of nitrogens with one attached hydrogen (secondary N) is 1. The summed E-state index contributed by atoms with van der Waals surface area (Å²) in [6.45, 7) is 2.54. The van der Waals surface area contributed by atoms with Crippen LogP contribution in [0.15, 0.2) is 5.03 Å². The predicted octanol–water partition coefficient (Wildman–Crippen LogP) is -2.73. The summed E-state index contributed by atoms with van der Waals surface area (Å²) in [6.07, 6.45) is 0. The van der Waals surface area contributed by atoms with E-state index < -0.39 is 0 Å². The number of anilines is 2. The Balaban J connectivity index is 0.00000169. The monoisotopic (exact) mass is 217 g/mol. The zero-order valence-corrected chi connectivity index (χ0v) is 10.9. The second-order valence-corrected chi connectivity index (χ2v) is 2.64. The van der Waals surface area contributed by atoms with Gasteiger partial charge in [-0.15, -0.1) is 0 Å². The van der Waals surface area contributed by atoms with Gasteiger partial charge < -0.3 is 23.7 Å². The summed E-state index contributed by atoms with van der Waals surface area (Å²) in [5.74, 6) is 0.488. The minimum atomic E-state index is 0. The Kier molecular flexibility index (Phi) is 5.72. The van der Waals surface area contributed by atoms with Crippen LogP contribution in [-0.2, 0) is 12.6 Å². The molecule has 1 aromatic rings. The summed E-state index contributed by atoms with van der Waals surface area (Å²) >= 11 is 4.85. The second kappa shape index (κ2) is 5.98. The summed E-state index contributed by atoms with van der Waals surface area (Å²) in [7, 11) is 0. The topological polar surface area (TPSA) is 87.6 Å². The Hall–Kier alpha value is -0.610. The van der Waals surface area contributed by atoms with Crippen LogP contribution >= 0.6 is 0 Å². The Morgan fingerprint density at radius 2 is 2.21 bits per heavy atom. The molecule has 0 spiro atoms. The third kappa shape index (κ3) is 2.96. The SMILES string of the molecule is CCNc1nc(N)nc([S-])c1C#N.[Na+]. The van der Waals surface area contributed by atoms with Gasteiger partial charge in [0, 0.05) is 6.54 Å². The Bertz CT molecular complexity index is 362. The van der Waals surface area contributed by atoms with Crippen LogP contribution in [0.2, 0.25) is 0 Å². The molecule has 0 saturated heterocycles. The van der Waals surface area contributed by atoms with Gasteiger partial charge in [0.2, 0.25) is 5.95 Å². The molecule has 0 radical (unpaired) electrons. The van der Waals surface area contributed by atoms with Gasteiger partial charge in [-0.3, -0.25) is 0 Å². The largest absolute Gasteiger partial charge is 1.00 e. The molecule has 0 saturated carbocycles. The predicted molar refractivity (Wildman–Crippen MR) is 51.0 cm³/mol. The van der Waals surface area contributed by atoms with E-state index in [-0.39, 0.29) is 46.1 Å². The quantitative estimate of drug-likeness (QED) is 0.318. The average molecular weight is 217 g/mol. The first kappa shape index (κ1) is 13.4. The van der Waals surface area contributed by atoms with E-state index in [0.29, 0.717) is 12.4 Å². The summed E-state index contributed by atoms with van der Waals surface area (Å²) in [4.78, 5) is 7.57. The van der Waals surface area contributed by atoms with Crippen molar-refractivity contribution in [3.8, 4) is 6.07 Å². The molecule has 1 aromatic heterocycles. The summed E-state index contributed by atoms with van der Waals surface area (Å²) in [6, 6.07) is 1.93. The van der Waals surface area contributed by atoms with Crippen molar-refractivity contribution in [2.45, 2.75) is 11.9 Å². The molecule has 3 N–H and O–H groups in total. The first-order valence-corrected chi connectivity index (χ1v) is 4.08. The third-order valence-corrected chi connectivity index (χ3v) is 1.64. The number of nitrogen functional groups attached to an aromatic ring is 1. The normalized spacial score (nSPS) is 8.57. The van der Waals surface area contributed by atoms with Gasteiger partial charge in [-0.2, -0.15) is 10.2 Å². The molecule has 0 fully saturated rings. The molecule has 0 aliphatic rings. The molecule has 14 heavy (non-hydrogen) atoms. The van der Waals surface area contributed by atoms with Gasteiger partial charge in [0.1, 0.15) is 11.9 Å². The zero-order valence-electron chi connectivity index (χ0n) is 8.03. The van der Waals surface area contributed by atoms with Crippen molar-refractivity contribution in [3.63, 3.8) is 0 Å². The average Bonchev–Trinajstić information content (AvgIpc) is 2.04. The first-order chi connectivity index (χ1) is 6.19. The Labute approximate surface area is 110 Å². The molecule has 1 heterocycles. The molecular weight excluding hydrogens is 209 g/mol. The maximum absolute atomic E-state index is 8.74. The Morgan fingerprint density at radius 3 is 2.71 bits per heavy atom. The molecule has 0 bridgehead atoms. The number of rotatable bonds is 2. The smallest absolute Gasteiger partial charge is 0.759 e. The van der Waals surface area contributed by atoms with Crippen LogP contribution in [0.4, 0.5) is 11.8 Å². The molecule has 7 heteroatoms. The molecule has 68 valence electrons. The van der Waals surface area contributed by atoms with E-state index in [9.17, 15) is 0 Å². The number of hydrogen-bond acceptors (Lipinski definition) is 6. The van der Waals surface area contributed by atoms with Gasteiger partial charge >= 0.3 is 29.6 Å². The third-order valence-electron chi connectivity index (χ3n) is 1.35. The number of nitriles is 1. The summed E-state index contributed by atoms with van der Waals surface area (Å²) < 4.78 is 0. The minimum absolute atomic E-state index is 0. The standard InChI is InChI=1S/C7H9N5S.Na/c1-2-10-5-4(3-8)6(13)12-7(9)11-5;/h2H2,1H3,(H4,9,10,11,12,13);/q;+1/p-1. The fourth-order valence-electron chi connectivity index (χ4n) is 0.853. The van der Waals surface area contributed by atoms with Crippen LogP contribution in [0.25, 0.3) is 0 Å². The molecule has 5 nitrogen and oxygen atoms in total. The number of aromatic nitrogens is 2. The van der Waals surface area contributed by atoms with Crippen molar-refractivity contribution in [3.05, 3.63) is 5.56 Å². The van der Waals surface area contributed by atoms with Gasteiger partial charge in [0.15, 0.2) is 0 Å². The minimum Gasteiger partial charge on any atom is -0.759 e. The van der Waals surface area contributed by atoms with E-state index in [1.165, 1.54) is 0 Å². The molecule has 0 unspecified atom stereocenters. The van der Waals surface area contributed by atoms with Crippen LogP contribution in [-0.4, -0.2) is 16.5 Å². The Morgan fingerprint density at radius 1 is 1.57 bits per heavy atom. The van der Waals surface area contributed by atoms with E-state index in [1.807, 2.05) is 13.0 Å². The zero-order chi connectivity index (χ0) is 9.84. The molecule has 0 aromatic carbocycles. The van der Waals surface area contributed by atoms with Crippen LogP contribution in [0.1, 0.15) is 12.5 Å². The van der Waals surface area contributed by atoms with Crippen LogP contribution < -0.4 is 40.6 Å². The van der Waals surface area contributed by atoms with Crippen molar-refractivity contribution in [1.82, 2.24) is 9.97 Å². The first-order valence-electron chi connectivity index (χ1n) is 3.67. The fraction of sp³-hybridized carbons (Fsp3) is 0.286. The molecule has 1 rings (SSSR count). The molecule has 0 aliphatic heterocycles. The number of nitrogens with two attached hydrogens (primary N) is 1. The fourth-order valence-corrected chi connectivity index (χ4v) is 1.09. The van der Waals surface area contributed by atoms with Gasteiger partial charge in [0.05, 0.1) is 5.56 Å². The number of hydrogen-bond donors (Lipinski definition) is 2. The van der Waals surface area contributed by atoms with E-state index in [1.54, 1.807) is 0 Å². The molecular formula is C7H8N5NaS. The van der Waals surface area contributed by atoms with Gasteiger partial charge in [-0.1, -0.05) is 5.03 Å². The van der Waals surface area contributed by atoms with E-state index in [4.69, 9.17) is 23.6 Å². The maximum Gasteiger partial charge on any atom is 1.00 e. The van der Waals surface area contributed by atoms with E-state index in [0.717, 1.165) is 0 Å². The second-order valence-electron chi connectivity index (χ2n) is 2.25. The summed E-state index contributed by atoms with van der Waals surface area (Å²) in [5, 5.41) is 11.8. The van der Waals surface area contributed by atoms with E-state index >= 15 is 0 Å². The van der Waals surface area contributed by atoms with Gasteiger partial charge in [-0.05, 0) is 6.92 Å². The van der Waals surface area contributed by atoms with Crippen molar-refractivity contribution in [2.24, 2.45) is 0 Å².